The standard InChI is InChI=1S/C15H25N3/c1-3-16-14-10-7-11-15(18-14)17-13-9-6-4-5-8-12(13)2/h7,10-13H,3-6,8-9H2,1-2H3,(H2,16,17,18). The molecule has 0 spiro atoms. The smallest absolute Gasteiger partial charge is 0.128 e. The molecule has 0 radical (unpaired) electrons. The highest BCUT2D eigenvalue weighted by Crippen LogP contribution is 2.25. The molecule has 1 saturated carbocycles. The lowest BCUT2D eigenvalue weighted by atomic mass is 9.97. The van der Waals surface area contributed by atoms with E-state index in [0.717, 1.165) is 24.1 Å². The number of hydrogen-bond donors (Lipinski definition) is 2. The molecular formula is C15H25N3. The van der Waals surface area contributed by atoms with Crippen molar-refractivity contribution in [3.8, 4) is 0 Å². The van der Waals surface area contributed by atoms with Gasteiger partial charge in [-0.1, -0.05) is 32.3 Å². The number of aromatic nitrogens is 1. The Morgan fingerprint density at radius 2 is 1.94 bits per heavy atom. The van der Waals surface area contributed by atoms with Gasteiger partial charge in [0.25, 0.3) is 0 Å². The first-order valence-corrected chi connectivity index (χ1v) is 7.27. The number of nitrogens with one attached hydrogen (secondary N) is 2. The maximum atomic E-state index is 4.60. The summed E-state index contributed by atoms with van der Waals surface area (Å²) in [5.74, 6) is 2.72. The van der Waals surface area contributed by atoms with Crippen LogP contribution in [0.25, 0.3) is 0 Å². The van der Waals surface area contributed by atoms with Crippen molar-refractivity contribution in [2.24, 2.45) is 5.92 Å². The van der Waals surface area contributed by atoms with Crippen molar-refractivity contribution in [3.63, 3.8) is 0 Å². The van der Waals surface area contributed by atoms with Gasteiger partial charge >= 0.3 is 0 Å². The van der Waals surface area contributed by atoms with Crippen molar-refractivity contribution < 1.29 is 0 Å². The molecule has 1 aliphatic carbocycles. The van der Waals surface area contributed by atoms with Crippen LogP contribution < -0.4 is 10.6 Å². The number of anilines is 2. The largest absolute Gasteiger partial charge is 0.370 e. The average molecular weight is 247 g/mol. The third kappa shape index (κ3) is 3.62. The van der Waals surface area contributed by atoms with Crippen molar-refractivity contribution in [1.29, 1.82) is 0 Å². The molecular weight excluding hydrogens is 222 g/mol. The van der Waals surface area contributed by atoms with Crippen molar-refractivity contribution in [2.75, 3.05) is 17.2 Å². The summed E-state index contributed by atoms with van der Waals surface area (Å²) in [6.07, 6.45) is 6.71. The van der Waals surface area contributed by atoms with E-state index in [4.69, 9.17) is 0 Å². The Hall–Kier alpha value is -1.25. The highest BCUT2D eigenvalue weighted by Gasteiger charge is 2.19. The van der Waals surface area contributed by atoms with Crippen LogP contribution in [-0.4, -0.2) is 17.6 Å². The second kappa shape index (κ2) is 6.62. The second-order valence-electron chi connectivity index (χ2n) is 5.30. The van der Waals surface area contributed by atoms with Gasteiger partial charge in [-0.25, -0.2) is 4.98 Å². The fourth-order valence-corrected chi connectivity index (χ4v) is 2.69. The maximum Gasteiger partial charge on any atom is 0.128 e. The third-order valence-electron chi connectivity index (χ3n) is 3.80. The van der Waals surface area contributed by atoms with Crippen molar-refractivity contribution in [3.05, 3.63) is 18.2 Å². The topological polar surface area (TPSA) is 37.0 Å². The van der Waals surface area contributed by atoms with E-state index in [-0.39, 0.29) is 0 Å². The van der Waals surface area contributed by atoms with Crippen molar-refractivity contribution in [2.45, 2.75) is 52.0 Å². The first-order chi connectivity index (χ1) is 8.79. The molecule has 0 aliphatic heterocycles. The quantitative estimate of drug-likeness (QED) is 0.792. The molecule has 1 aromatic rings. The van der Waals surface area contributed by atoms with E-state index >= 15 is 0 Å². The van der Waals surface area contributed by atoms with Gasteiger partial charge in [0.1, 0.15) is 11.6 Å². The van der Waals surface area contributed by atoms with Gasteiger partial charge in [-0.15, -0.1) is 0 Å². The van der Waals surface area contributed by atoms with Crippen molar-refractivity contribution in [1.82, 2.24) is 4.98 Å². The van der Waals surface area contributed by atoms with Crippen LogP contribution in [0.3, 0.4) is 0 Å². The van der Waals surface area contributed by atoms with Crippen LogP contribution in [-0.2, 0) is 0 Å². The van der Waals surface area contributed by atoms with Crippen LogP contribution in [0.4, 0.5) is 11.6 Å². The van der Waals surface area contributed by atoms with Crippen molar-refractivity contribution >= 4 is 11.6 Å². The Morgan fingerprint density at radius 1 is 1.17 bits per heavy atom. The second-order valence-corrected chi connectivity index (χ2v) is 5.30. The molecule has 2 unspecified atom stereocenters. The summed E-state index contributed by atoms with van der Waals surface area (Å²) in [5, 5.41) is 6.88. The number of nitrogens with zero attached hydrogens (tertiary/aromatic N) is 1. The Balaban J connectivity index is 2.00. The summed E-state index contributed by atoms with van der Waals surface area (Å²) in [6.45, 7) is 5.36. The van der Waals surface area contributed by atoms with Crippen LogP contribution in [0.2, 0.25) is 0 Å². The van der Waals surface area contributed by atoms with E-state index in [9.17, 15) is 0 Å². The molecule has 0 aromatic carbocycles. The molecule has 2 rings (SSSR count). The first kappa shape index (κ1) is 13.2. The Kier molecular flexibility index (Phi) is 4.85. The molecule has 1 heterocycles. The zero-order valence-corrected chi connectivity index (χ0v) is 11.6. The van der Waals surface area contributed by atoms with Crippen LogP contribution in [0.15, 0.2) is 18.2 Å². The van der Waals surface area contributed by atoms with E-state index in [1.165, 1.54) is 32.1 Å². The Bertz CT molecular complexity index is 365. The lowest BCUT2D eigenvalue weighted by molar-refractivity contribution is 0.456. The van der Waals surface area contributed by atoms with Gasteiger partial charge in [-0.05, 0) is 37.8 Å². The summed E-state index contributed by atoms with van der Waals surface area (Å²) >= 11 is 0. The van der Waals surface area contributed by atoms with Gasteiger partial charge in [0.15, 0.2) is 0 Å². The van der Waals surface area contributed by atoms with E-state index in [1.54, 1.807) is 0 Å². The normalized spacial score (nSPS) is 24.3. The number of rotatable bonds is 4. The monoisotopic (exact) mass is 247 g/mol. The van der Waals surface area contributed by atoms with E-state index in [0.29, 0.717) is 6.04 Å². The summed E-state index contributed by atoms with van der Waals surface area (Å²) < 4.78 is 0. The molecule has 2 N–H and O–H groups in total. The zero-order chi connectivity index (χ0) is 12.8. The highest BCUT2D eigenvalue weighted by molar-refractivity contribution is 5.45. The molecule has 0 amide bonds. The molecule has 18 heavy (non-hydrogen) atoms. The minimum absolute atomic E-state index is 0.580. The molecule has 3 heteroatoms. The van der Waals surface area contributed by atoms with Crippen LogP contribution in [0, 0.1) is 5.92 Å². The Labute approximate surface area is 110 Å². The molecule has 3 nitrogen and oxygen atoms in total. The Morgan fingerprint density at radius 3 is 2.78 bits per heavy atom. The van der Waals surface area contributed by atoms with Gasteiger partial charge in [-0.3, -0.25) is 0 Å². The van der Waals surface area contributed by atoms with E-state index in [2.05, 4.69) is 41.6 Å². The van der Waals surface area contributed by atoms with E-state index < -0.39 is 0 Å². The molecule has 0 saturated heterocycles. The zero-order valence-electron chi connectivity index (χ0n) is 11.6. The predicted octanol–water partition coefficient (Wildman–Crippen LogP) is 3.89. The van der Waals surface area contributed by atoms with Gasteiger partial charge in [0.2, 0.25) is 0 Å². The summed E-state index contributed by atoms with van der Waals surface area (Å²) in [7, 11) is 0. The average Bonchev–Trinajstić information content (AvgIpc) is 2.56. The van der Waals surface area contributed by atoms with Gasteiger partial charge in [-0.2, -0.15) is 0 Å². The van der Waals surface area contributed by atoms with E-state index in [1.807, 2.05) is 6.07 Å². The first-order valence-electron chi connectivity index (χ1n) is 7.27. The minimum Gasteiger partial charge on any atom is -0.370 e. The third-order valence-corrected chi connectivity index (χ3v) is 3.80. The van der Waals surface area contributed by atoms with Crippen LogP contribution >= 0.6 is 0 Å². The number of pyridine rings is 1. The van der Waals surface area contributed by atoms with Crippen LogP contribution in [0.1, 0.15) is 46.0 Å². The molecule has 1 aromatic heterocycles. The molecule has 1 aliphatic rings. The summed E-state index contributed by atoms with van der Waals surface area (Å²) in [5.41, 5.74) is 0. The summed E-state index contributed by atoms with van der Waals surface area (Å²) in [6, 6.07) is 6.73. The molecule has 100 valence electrons. The lowest BCUT2D eigenvalue weighted by Gasteiger charge is -2.23. The maximum absolute atomic E-state index is 4.60. The summed E-state index contributed by atoms with van der Waals surface area (Å²) in [4.78, 5) is 4.60. The fourth-order valence-electron chi connectivity index (χ4n) is 2.69. The SMILES string of the molecule is CCNc1cccc(NC2CCCCCC2C)n1. The predicted molar refractivity (Wildman–Crippen MR) is 78.1 cm³/mol. The van der Waals surface area contributed by atoms with Gasteiger partial charge < -0.3 is 10.6 Å². The molecule has 0 bridgehead atoms. The minimum atomic E-state index is 0.580. The van der Waals surface area contributed by atoms with Crippen LogP contribution in [0.5, 0.6) is 0 Å². The molecule has 1 fully saturated rings. The lowest BCUT2D eigenvalue weighted by Crippen LogP contribution is -2.26. The van der Waals surface area contributed by atoms with Gasteiger partial charge in [0.05, 0.1) is 0 Å². The highest BCUT2D eigenvalue weighted by atomic mass is 15.1. The number of hydrogen-bond acceptors (Lipinski definition) is 3. The van der Waals surface area contributed by atoms with Gasteiger partial charge in [0, 0.05) is 12.6 Å². The fraction of sp³-hybridized carbons (Fsp3) is 0.667. The molecule has 2 atom stereocenters.